The zero-order valence-corrected chi connectivity index (χ0v) is 9.08. The van der Waals surface area contributed by atoms with Crippen LogP contribution in [0, 0.1) is 0 Å². The molecule has 0 aliphatic rings. The van der Waals surface area contributed by atoms with E-state index in [4.69, 9.17) is 22.1 Å². The van der Waals surface area contributed by atoms with Crippen LogP contribution in [0.5, 0.6) is 0 Å². The van der Waals surface area contributed by atoms with Gasteiger partial charge in [-0.25, -0.2) is 4.98 Å². The fourth-order valence-corrected chi connectivity index (χ4v) is 1.61. The molecule has 0 aliphatic carbocycles. The summed E-state index contributed by atoms with van der Waals surface area (Å²) in [6, 6.07) is 5.25. The van der Waals surface area contributed by atoms with Crippen molar-refractivity contribution in [3.8, 4) is 0 Å². The van der Waals surface area contributed by atoms with Gasteiger partial charge in [-0.05, 0) is 18.2 Å². The van der Waals surface area contributed by atoms with Crippen molar-refractivity contribution in [2.75, 3.05) is 13.7 Å². The minimum absolute atomic E-state index is 0.235. The van der Waals surface area contributed by atoms with Gasteiger partial charge in [0.15, 0.2) is 0 Å². The summed E-state index contributed by atoms with van der Waals surface area (Å²) >= 11 is 5.86. The van der Waals surface area contributed by atoms with Crippen molar-refractivity contribution in [1.29, 1.82) is 0 Å². The van der Waals surface area contributed by atoms with Gasteiger partial charge in [-0.15, -0.1) is 0 Å². The number of hydrogen-bond acceptors (Lipinski definition) is 3. The van der Waals surface area contributed by atoms with Crippen molar-refractivity contribution in [3.63, 3.8) is 0 Å². The highest BCUT2D eigenvalue weighted by molar-refractivity contribution is 6.31. The number of methoxy groups -OCH3 is 1. The van der Waals surface area contributed by atoms with Gasteiger partial charge < -0.3 is 15.5 Å². The second-order valence-electron chi connectivity index (χ2n) is 3.35. The second-order valence-corrected chi connectivity index (χ2v) is 3.78. The first-order chi connectivity index (χ1) is 7.20. The Kier molecular flexibility index (Phi) is 2.90. The number of nitrogens with two attached hydrogens (primary N) is 1. The van der Waals surface area contributed by atoms with E-state index in [0.717, 1.165) is 11.0 Å². The molecule has 0 fully saturated rings. The first kappa shape index (κ1) is 10.4. The average molecular weight is 226 g/mol. The third kappa shape index (κ3) is 2.12. The number of ether oxygens (including phenoxy) is 1. The van der Waals surface area contributed by atoms with Gasteiger partial charge in [0.1, 0.15) is 5.82 Å². The summed E-state index contributed by atoms with van der Waals surface area (Å²) in [5.41, 5.74) is 7.61. The smallest absolute Gasteiger partial charge is 0.126 e. The van der Waals surface area contributed by atoms with Gasteiger partial charge in [0.25, 0.3) is 0 Å². The molecular formula is C10H12ClN3O. The van der Waals surface area contributed by atoms with Crippen LogP contribution in [-0.2, 0) is 4.74 Å². The van der Waals surface area contributed by atoms with Gasteiger partial charge in [-0.1, -0.05) is 11.6 Å². The van der Waals surface area contributed by atoms with Crippen LogP contribution >= 0.6 is 11.6 Å². The Labute approximate surface area is 92.4 Å². The molecule has 5 heteroatoms. The van der Waals surface area contributed by atoms with E-state index in [1.807, 2.05) is 12.1 Å². The highest BCUT2D eigenvalue weighted by Crippen LogP contribution is 2.19. The third-order valence-electron chi connectivity index (χ3n) is 2.16. The molecule has 3 N–H and O–H groups in total. The number of benzene rings is 1. The molecule has 1 aromatic carbocycles. The molecule has 0 spiro atoms. The quantitative estimate of drug-likeness (QED) is 0.838. The molecule has 1 atom stereocenters. The second kappa shape index (κ2) is 4.18. The molecule has 0 amide bonds. The summed E-state index contributed by atoms with van der Waals surface area (Å²) in [5, 5.41) is 0.679. The Morgan fingerprint density at radius 3 is 3.13 bits per heavy atom. The van der Waals surface area contributed by atoms with Crippen LogP contribution in [0.3, 0.4) is 0 Å². The van der Waals surface area contributed by atoms with E-state index in [-0.39, 0.29) is 6.04 Å². The highest BCUT2D eigenvalue weighted by atomic mass is 35.5. The number of nitrogens with zero attached hydrogens (tertiary/aromatic N) is 1. The van der Waals surface area contributed by atoms with Crippen molar-refractivity contribution >= 4 is 22.6 Å². The highest BCUT2D eigenvalue weighted by Gasteiger charge is 2.10. The number of halogens is 1. The number of rotatable bonds is 3. The van der Waals surface area contributed by atoms with Crippen molar-refractivity contribution < 1.29 is 4.74 Å². The predicted molar refractivity (Wildman–Crippen MR) is 59.9 cm³/mol. The van der Waals surface area contributed by atoms with E-state index < -0.39 is 0 Å². The van der Waals surface area contributed by atoms with Gasteiger partial charge in [0.05, 0.1) is 23.7 Å². The summed E-state index contributed by atoms with van der Waals surface area (Å²) in [5.74, 6) is 0.717. The summed E-state index contributed by atoms with van der Waals surface area (Å²) < 4.78 is 4.97. The molecule has 2 aromatic rings. The third-order valence-corrected chi connectivity index (χ3v) is 2.39. The van der Waals surface area contributed by atoms with Crippen LogP contribution in [0.25, 0.3) is 11.0 Å². The maximum absolute atomic E-state index is 5.86. The molecule has 0 saturated heterocycles. The van der Waals surface area contributed by atoms with E-state index in [1.54, 1.807) is 13.2 Å². The monoisotopic (exact) mass is 225 g/mol. The molecule has 2 rings (SSSR count). The van der Waals surface area contributed by atoms with Gasteiger partial charge in [-0.2, -0.15) is 0 Å². The number of aromatic amines is 1. The standard InChI is InChI=1S/C10H12ClN3O/c1-15-5-7(12)10-13-8-3-2-6(11)4-9(8)14-10/h2-4,7H,5,12H2,1H3,(H,13,14). The number of fused-ring (bicyclic) bond motifs is 1. The molecular weight excluding hydrogens is 214 g/mol. The molecule has 1 aromatic heterocycles. The zero-order chi connectivity index (χ0) is 10.8. The lowest BCUT2D eigenvalue weighted by molar-refractivity contribution is 0.178. The molecule has 4 nitrogen and oxygen atoms in total. The SMILES string of the molecule is COCC(N)c1nc2ccc(Cl)cc2[nH]1. The van der Waals surface area contributed by atoms with Crippen LogP contribution < -0.4 is 5.73 Å². The van der Waals surface area contributed by atoms with E-state index in [2.05, 4.69) is 9.97 Å². The zero-order valence-electron chi connectivity index (χ0n) is 8.33. The molecule has 0 aliphatic heterocycles. The van der Waals surface area contributed by atoms with Gasteiger partial charge >= 0.3 is 0 Å². The van der Waals surface area contributed by atoms with Crippen molar-refractivity contribution in [2.45, 2.75) is 6.04 Å². The van der Waals surface area contributed by atoms with Gasteiger partial charge in [0, 0.05) is 12.1 Å². The van der Waals surface area contributed by atoms with Crippen LogP contribution in [0.4, 0.5) is 0 Å². The summed E-state index contributed by atoms with van der Waals surface area (Å²) in [4.78, 5) is 7.47. The predicted octanol–water partition coefficient (Wildman–Crippen LogP) is 1.86. The lowest BCUT2D eigenvalue weighted by atomic mass is 10.3. The fourth-order valence-electron chi connectivity index (χ4n) is 1.44. The molecule has 15 heavy (non-hydrogen) atoms. The fraction of sp³-hybridized carbons (Fsp3) is 0.300. The van der Waals surface area contributed by atoms with E-state index in [0.29, 0.717) is 17.5 Å². The van der Waals surface area contributed by atoms with Crippen molar-refractivity contribution in [1.82, 2.24) is 9.97 Å². The average Bonchev–Trinajstić information content (AvgIpc) is 2.60. The Morgan fingerprint density at radius 1 is 1.60 bits per heavy atom. The molecule has 0 radical (unpaired) electrons. The topological polar surface area (TPSA) is 63.9 Å². The number of aromatic nitrogens is 2. The number of imidazole rings is 1. The maximum Gasteiger partial charge on any atom is 0.126 e. The number of H-pyrrole nitrogens is 1. The Hall–Kier alpha value is -1.10. The molecule has 0 saturated carbocycles. The largest absolute Gasteiger partial charge is 0.383 e. The van der Waals surface area contributed by atoms with Crippen LogP contribution in [-0.4, -0.2) is 23.7 Å². The Bertz CT molecular complexity index is 469. The molecule has 0 bridgehead atoms. The van der Waals surface area contributed by atoms with Crippen molar-refractivity contribution in [2.24, 2.45) is 5.73 Å². The van der Waals surface area contributed by atoms with E-state index >= 15 is 0 Å². The van der Waals surface area contributed by atoms with Gasteiger partial charge in [0.2, 0.25) is 0 Å². The number of hydrogen-bond donors (Lipinski definition) is 2. The minimum Gasteiger partial charge on any atom is -0.383 e. The van der Waals surface area contributed by atoms with Crippen LogP contribution in [0.2, 0.25) is 5.02 Å². The van der Waals surface area contributed by atoms with Crippen LogP contribution in [0.1, 0.15) is 11.9 Å². The van der Waals surface area contributed by atoms with Crippen LogP contribution in [0.15, 0.2) is 18.2 Å². The Morgan fingerprint density at radius 2 is 2.40 bits per heavy atom. The maximum atomic E-state index is 5.86. The lowest BCUT2D eigenvalue weighted by Gasteiger charge is -2.05. The first-order valence-corrected chi connectivity index (χ1v) is 4.98. The summed E-state index contributed by atoms with van der Waals surface area (Å²) in [7, 11) is 1.61. The van der Waals surface area contributed by atoms with E-state index in [1.165, 1.54) is 0 Å². The lowest BCUT2D eigenvalue weighted by Crippen LogP contribution is -2.17. The Balaban J connectivity index is 2.38. The summed E-state index contributed by atoms with van der Waals surface area (Å²) in [6.45, 7) is 0.438. The normalized spacial score (nSPS) is 13.3. The minimum atomic E-state index is -0.235. The van der Waals surface area contributed by atoms with E-state index in [9.17, 15) is 0 Å². The molecule has 1 heterocycles. The number of nitrogens with one attached hydrogen (secondary N) is 1. The molecule has 1 unspecified atom stereocenters. The van der Waals surface area contributed by atoms with Gasteiger partial charge in [-0.3, -0.25) is 0 Å². The van der Waals surface area contributed by atoms with Crippen molar-refractivity contribution in [3.05, 3.63) is 29.0 Å². The first-order valence-electron chi connectivity index (χ1n) is 4.60. The molecule has 80 valence electrons. The summed E-state index contributed by atoms with van der Waals surface area (Å²) in [6.07, 6.45) is 0.